The maximum Gasteiger partial charge on any atom is 0.222 e. The molecule has 0 aromatic carbocycles. The van der Waals surface area contributed by atoms with Crippen molar-refractivity contribution in [2.24, 2.45) is 5.92 Å². The van der Waals surface area contributed by atoms with Crippen LogP contribution >= 0.6 is 0 Å². The van der Waals surface area contributed by atoms with Gasteiger partial charge in [0, 0.05) is 33.6 Å². The predicted molar refractivity (Wildman–Crippen MR) is 62.9 cm³/mol. The zero-order valence-corrected chi connectivity index (χ0v) is 10.7. The zero-order chi connectivity index (χ0) is 12.2. The Labute approximate surface area is 97.1 Å². The molecule has 0 bridgehead atoms. The lowest BCUT2D eigenvalue weighted by atomic mass is 10.1. The normalized spacial score (nSPS) is 16.9. The number of carbonyl (C=O) groups is 1. The van der Waals surface area contributed by atoms with Gasteiger partial charge in [-0.1, -0.05) is 0 Å². The van der Waals surface area contributed by atoms with Gasteiger partial charge in [0.2, 0.25) is 5.91 Å². The summed E-state index contributed by atoms with van der Waals surface area (Å²) < 4.78 is 23.3. The van der Waals surface area contributed by atoms with Crippen molar-refractivity contribution in [2.45, 2.75) is 12.8 Å². The molecule has 1 N–H and O–H groups in total. The molecule has 1 fully saturated rings. The molecule has 0 saturated carbocycles. The molecule has 0 radical (unpaired) electrons. The maximum atomic E-state index is 11.6. The van der Waals surface area contributed by atoms with Crippen molar-refractivity contribution in [3.63, 3.8) is 0 Å². The summed E-state index contributed by atoms with van der Waals surface area (Å²) in [5, 5.41) is 3.05. The van der Waals surface area contributed by atoms with E-state index in [1.54, 1.807) is 14.1 Å². The largest absolute Gasteiger partial charge is 0.349 e. The molecule has 0 unspecified atom stereocenters. The Kier molecular flexibility index (Phi) is 4.73. The second kappa shape index (κ2) is 5.63. The Morgan fingerprint density at radius 2 is 2.00 bits per heavy atom. The van der Waals surface area contributed by atoms with Crippen LogP contribution in [0.3, 0.4) is 0 Å². The first-order valence-electron chi connectivity index (χ1n) is 5.52. The average molecular weight is 248 g/mol. The van der Waals surface area contributed by atoms with Crippen molar-refractivity contribution in [3.05, 3.63) is 0 Å². The van der Waals surface area contributed by atoms with Crippen molar-refractivity contribution in [3.8, 4) is 0 Å². The summed E-state index contributed by atoms with van der Waals surface area (Å²) in [5.41, 5.74) is 0. The van der Waals surface area contributed by atoms with Crippen molar-refractivity contribution in [1.29, 1.82) is 0 Å². The van der Waals surface area contributed by atoms with Crippen LogP contribution in [0.25, 0.3) is 0 Å². The number of nitrogens with zero attached hydrogens (tertiary/aromatic N) is 1. The predicted octanol–water partition coefficient (Wildman–Crippen LogP) is -0.511. The lowest BCUT2D eigenvalue weighted by Crippen LogP contribution is -2.45. The summed E-state index contributed by atoms with van der Waals surface area (Å²) in [6, 6.07) is 0. The first-order chi connectivity index (χ1) is 7.41. The van der Waals surface area contributed by atoms with Crippen molar-refractivity contribution in [1.82, 2.24) is 10.2 Å². The van der Waals surface area contributed by atoms with Gasteiger partial charge in [-0.25, -0.2) is 8.42 Å². The van der Waals surface area contributed by atoms with E-state index in [4.69, 9.17) is 0 Å². The number of sulfone groups is 1. The molecule has 0 spiro atoms. The van der Waals surface area contributed by atoms with E-state index >= 15 is 0 Å². The molecule has 1 aliphatic heterocycles. The van der Waals surface area contributed by atoms with E-state index in [9.17, 15) is 13.2 Å². The fraction of sp³-hybridized carbons (Fsp3) is 0.900. The minimum atomic E-state index is -2.97. The molecule has 1 saturated heterocycles. The topological polar surface area (TPSA) is 66.5 Å². The molecule has 1 heterocycles. The standard InChI is InChI=1S/C10H20N2O3S/c1-12(2)10(13)4-3-5-16(14,15)8-9-6-11-7-9/h9,11H,3-8H2,1-2H3. The van der Waals surface area contributed by atoms with Gasteiger partial charge in [0.25, 0.3) is 0 Å². The van der Waals surface area contributed by atoms with Gasteiger partial charge in [0.1, 0.15) is 0 Å². The van der Waals surface area contributed by atoms with E-state index in [1.807, 2.05) is 0 Å². The van der Waals surface area contributed by atoms with E-state index in [1.165, 1.54) is 4.90 Å². The van der Waals surface area contributed by atoms with E-state index in [0.717, 1.165) is 13.1 Å². The zero-order valence-electron chi connectivity index (χ0n) is 9.90. The van der Waals surface area contributed by atoms with Crippen LogP contribution in [0, 0.1) is 5.92 Å². The first kappa shape index (κ1) is 13.4. The SMILES string of the molecule is CN(C)C(=O)CCCS(=O)(=O)CC1CNC1. The van der Waals surface area contributed by atoms with E-state index in [0.29, 0.717) is 12.8 Å². The number of hydrogen-bond acceptors (Lipinski definition) is 4. The molecule has 94 valence electrons. The number of nitrogens with one attached hydrogen (secondary N) is 1. The highest BCUT2D eigenvalue weighted by Crippen LogP contribution is 2.09. The van der Waals surface area contributed by atoms with Gasteiger partial charge in [0.05, 0.1) is 11.5 Å². The van der Waals surface area contributed by atoms with Gasteiger partial charge < -0.3 is 10.2 Å². The fourth-order valence-corrected chi connectivity index (χ4v) is 3.28. The third kappa shape index (κ3) is 4.49. The van der Waals surface area contributed by atoms with Crippen LogP contribution in [0.5, 0.6) is 0 Å². The minimum absolute atomic E-state index is 0.0134. The highest BCUT2D eigenvalue weighted by molar-refractivity contribution is 7.91. The Hall–Kier alpha value is -0.620. The smallest absolute Gasteiger partial charge is 0.222 e. The van der Waals surface area contributed by atoms with E-state index in [-0.39, 0.29) is 23.3 Å². The second-order valence-corrected chi connectivity index (χ2v) is 6.76. The van der Waals surface area contributed by atoms with Crippen LogP contribution in [0.4, 0.5) is 0 Å². The number of rotatable bonds is 6. The average Bonchev–Trinajstić information content (AvgIpc) is 2.11. The van der Waals surface area contributed by atoms with Crippen molar-refractivity contribution in [2.75, 3.05) is 38.7 Å². The third-order valence-electron chi connectivity index (χ3n) is 2.70. The molecule has 5 nitrogen and oxygen atoms in total. The van der Waals surface area contributed by atoms with Gasteiger partial charge in [-0.15, -0.1) is 0 Å². The summed E-state index contributed by atoms with van der Waals surface area (Å²) in [6.45, 7) is 1.60. The molecule has 16 heavy (non-hydrogen) atoms. The molecule has 1 rings (SSSR count). The molecular formula is C10H20N2O3S. The van der Waals surface area contributed by atoms with Crippen molar-refractivity contribution < 1.29 is 13.2 Å². The van der Waals surface area contributed by atoms with Crippen LogP contribution in [-0.4, -0.2) is 57.9 Å². The molecule has 0 atom stereocenters. The quantitative estimate of drug-likeness (QED) is 0.687. The van der Waals surface area contributed by atoms with E-state index in [2.05, 4.69) is 5.32 Å². The Morgan fingerprint density at radius 1 is 1.38 bits per heavy atom. The number of hydrogen-bond donors (Lipinski definition) is 1. The summed E-state index contributed by atoms with van der Waals surface area (Å²) in [6.07, 6.45) is 0.745. The summed E-state index contributed by atoms with van der Waals surface area (Å²) >= 11 is 0. The van der Waals surface area contributed by atoms with Crippen LogP contribution in [0.15, 0.2) is 0 Å². The molecule has 6 heteroatoms. The Morgan fingerprint density at radius 3 is 2.44 bits per heavy atom. The maximum absolute atomic E-state index is 11.6. The minimum Gasteiger partial charge on any atom is -0.349 e. The monoisotopic (exact) mass is 248 g/mol. The summed E-state index contributed by atoms with van der Waals surface area (Å²) in [5.74, 6) is 0.647. The van der Waals surface area contributed by atoms with Gasteiger partial charge >= 0.3 is 0 Å². The molecule has 0 aromatic rings. The first-order valence-corrected chi connectivity index (χ1v) is 7.34. The van der Waals surface area contributed by atoms with Gasteiger partial charge in [-0.2, -0.15) is 0 Å². The summed E-state index contributed by atoms with van der Waals surface area (Å²) in [7, 11) is 0.381. The number of amides is 1. The van der Waals surface area contributed by atoms with Gasteiger partial charge in [-0.05, 0) is 12.3 Å². The van der Waals surface area contributed by atoms with Crippen LogP contribution in [-0.2, 0) is 14.6 Å². The number of carbonyl (C=O) groups excluding carboxylic acids is 1. The highest BCUT2D eigenvalue weighted by Gasteiger charge is 2.24. The molecular weight excluding hydrogens is 228 g/mol. The molecule has 1 amide bonds. The van der Waals surface area contributed by atoms with Crippen LogP contribution in [0.1, 0.15) is 12.8 Å². The lowest BCUT2D eigenvalue weighted by Gasteiger charge is -2.26. The summed E-state index contributed by atoms with van der Waals surface area (Å²) in [4.78, 5) is 12.7. The molecule has 0 aromatic heterocycles. The molecule has 0 aliphatic carbocycles. The second-order valence-electron chi connectivity index (χ2n) is 4.53. The highest BCUT2D eigenvalue weighted by atomic mass is 32.2. The van der Waals surface area contributed by atoms with Crippen molar-refractivity contribution >= 4 is 15.7 Å². The van der Waals surface area contributed by atoms with Crippen LogP contribution < -0.4 is 5.32 Å². The van der Waals surface area contributed by atoms with Gasteiger partial charge in [-0.3, -0.25) is 4.79 Å². The van der Waals surface area contributed by atoms with E-state index < -0.39 is 9.84 Å². The lowest BCUT2D eigenvalue weighted by molar-refractivity contribution is -0.128. The fourth-order valence-electron chi connectivity index (χ4n) is 1.58. The van der Waals surface area contributed by atoms with Crippen LogP contribution in [0.2, 0.25) is 0 Å². The Bertz CT molecular complexity index is 334. The van der Waals surface area contributed by atoms with Gasteiger partial charge in [0.15, 0.2) is 9.84 Å². The third-order valence-corrected chi connectivity index (χ3v) is 4.59. The Balaban J connectivity index is 2.22. The molecule has 1 aliphatic rings.